The number of rotatable bonds is 1. The molecule has 0 heterocycles. The molecular formula is C13H19N. The molecular weight excluding hydrogens is 170 g/mol. The van der Waals surface area contributed by atoms with Crippen LogP contribution in [0.3, 0.4) is 0 Å². The highest BCUT2D eigenvalue weighted by Crippen LogP contribution is 2.28. The molecule has 0 unspecified atom stereocenters. The van der Waals surface area contributed by atoms with Gasteiger partial charge in [0.2, 0.25) is 0 Å². The summed E-state index contributed by atoms with van der Waals surface area (Å²) in [5.74, 6) is 0. The normalized spacial score (nSPS) is 20.2. The van der Waals surface area contributed by atoms with Crippen molar-refractivity contribution >= 4 is 0 Å². The highest BCUT2D eigenvalue weighted by Gasteiger charge is 2.24. The Morgan fingerprint density at radius 2 is 1.86 bits per heavy atom. The van der Waals surface area contributed by atoms with Gasteiger partial charge in [-0.3, -0.25) is 0 Å². The second kappa shape index (κ2) is 3.39. The summed E-state index contributed by atoms with van der Waals surface area (Å²) in [5, 5.41) is 0. The van der Waals surface area contributed by atoms with Gasteiger partial charge in [-0.2, -0.15) is 0 Å². The number of fused-ring (bicyclic) bond motifs is 1. The van der Waals surface area contributed by atoms with Gasteiger partial charge in [-0.15, -0.1) is 0 Å². The Morgan fingerprint density at radius 3 is 2.50 bits per heavy atom. The molecule has 1 heteroatoms. The molecule has 0 saturated carbocycles. The van der Waals surface area contributed by atoms with Crippen molar-refractivity contribution in [2.24, 2.45) is 0 Å². The van der Waals surface area contributed by atoms with E-state index < -0.39 is 0 Å². The molecule has 1 aromatic carbocycles. The van der Waals surface area contributed by atoms with Crippen LogP contribution < -0.4 is 0 Å². The van der Waals surface area contributed by atoms with E-state index in [0.29, 0.717) is 6.04 Å². The zero-order valence-electron chi connectivity index (χ0n) is 9.59. The number of benzene rings is 1. The lowest BCUT2D eigenvalue weighted by atomic mass is 10.0. The molecule has 0 spiro atoms. The van der Waals surface area contributed by atoms with E-state index in [0.717, 1.165) is 0 Å². The van der Waals surface area contributed by atoms with E-state index in [9.17, 15) is 0 Å². The van der Waals surface area contributed by atoms with Gasteiger partial charge in [0.15, 0.2) is 0 Å². The van der Waals surface area contributed by atoms with Gasteiger partial charge in [-0.25, -0.2) is 0 Å². The predicted octanol–water partition coefficient (Wildman–Crippen LogP) is 2.33. The molecule has 1 nitrogen and oxygen atoms in total. The summed E-state index contributed by atoms with van der Waals surface area (Å²) in [5.41, 5.74) is 6.04. The van der Waals surface area contributed by atoms with Gasteiger partial charge in [0.1, 0.15) is 0 Å². The molecule has 76 valence electrons. The minimum Gasteiger partial charge on any atom is -0.306 e. The van der Waals surface area contributed by atoms with Crippen LogP contribution in [-0.4, -0.2) is 25.0 Å². The zero-order valence-corrected chi connectivity index (χ0v) is 9.59. The third kappa shape index (κ3) is 1.57. The van der Waals surface area contributed by atoms with E-state index in [-0.39, 0.29) is 0 Å². The fraction of sp³-hybridized carbons (Fsp3) is 0.538. The van der Waals surface area contributed by atoms with Crippen LogP contribution in [0.1, 0.15) is 22.3 Å². The molecule has 1 atom stereocenters. The molecule has 0 aromatic heterocycles. The van der Waals surface area contributed by atoms with Crippen molar-refractivity contribution in [3.8, 4) is 0 Å². The van der Waals surface area contributed by atoms with Crippen molar-refractivity contribution in [2.75, 3.05) is 14.1 Å². The molecule has 1 aliphatic carbocycles. The van der Waals surface area contributed by atoms with Crippen LogP contribution in [0.15, 0.2) is 12.1 Å². The Balaban J connectivity index is 2.35. The third-order valence-corrected chi connectivity index (χ3v) is 3.34. The van der Waals surface area contributed by atoms with Crippen molar-refractivity contribution in [1.82, 2.24) is 4.90 Å². The first-order valence-corrected chi connectivity index (χ1v) is 5.33. The van der Waals surface area contributed by atoms with Crippen LogP contribution in [0.25, 0.3) is 0 Å². The fourth-order valence-corrected chi connectivity index (χ4v) is 2.49. The summed E-state index contributed by atoms with van der Waals surface area (Å²) in [6, 6.07) is 5.37. The van der Waals surface area contributed by atoms with Crippen molar-refractivity contribution in [3.05, 3.63) is 34.4 Å². The lowest BCUT2D eigenvalue weighted by molar-refractivity contribution is 0.303. The van der Waals surface area contributed by atoms with Gasteiger partial charge in [-0.1, -0.05) is 17.7 Å². The monoisotopic (exact) mass is 189 g/mol. The van der Waals surface area contributed by atoms with Crippen molar-refractivity contribution in [3.63, 3.8) is 0 Å². The summed E-state index contributed by atoms with van der Waals surface area (Å²) in [4.78, 5) is 2.34. The summed E-state index contributed by atoms with van der Waals surface area (Å²) < 4.78 is 0. The van der Waals surface area contributed by atoms with E-state index in [2.05, 4.69) is 45.0 Å². The summed E-state index contributed by atoms with van der Waals surface area (Å²) in [6.07, 6.45) is 2.46. The van der Waals surface area contributed by atoms with Gasteiger partial charge in [0, 0.05) is 6.04 Å². The van der Waals surface area contributed by atoms with Crippen LogP contribution in [-0.2, 0) is 12.8 Å². The summed E-state index contributed by atoms with van der Waals surface area (Å²) >= 11 is 0. The number of hydrogen-bond acceptors (Lipinski definition) is 1. The van der Waals surface area contributed by atoms with Crippen molar-refractivity contribution in [2.45, 2.75) is 32.7 Å². The Kier molecular flexibility index (Phi) is 2.36. The van der Waals surface area contributed by atoms with Crippen LogP contribution in [0.5, 0.6) is 0 Å². The third-order valence-electron chi connectivity index (χ3n) is 3.34. The molecule has 2 rings (SSSR count). The standard InChI is InChI=1S/C13H19N/c1-9-5-10(2)13-8-12(14(3)4)7-11(13)6-9/h5-6,12H,7-8H2,1-4H3/t12-/m1/s1. The average molecular weight is 189 g/mol. The molecule has 14 heavy (non-hydrogen) atoms. The van der Waals surface area contributed by atoms with E-state index >= 15 is 0 Å². The first-order chi connectivity index (χ1) is 6.58. The van der Waals surface area contributed by atoms with Gasteiger partial charge < -0.3 is 4.90 Å². The Labute approximate surface area is 86.7 Å². The number of hydrogen-bond donors (Lipinski definition) is 0. The number of likely N-dealkylation sites (N-methyl/N-ethyl adjacent to an activating group) is 1. The van der Waals surface area contributed by atoms with Gasteiger partial charge >= 0.3 is 0 Å². The Bertz CT molecular complexity index is 352. The first kappa shape index (κ1) is 9.72. The molecule has 0 bridgehead atoms. The van der Waals surface area contributed by atoms with E-state index in [4.69, 9.17) is 0 Å². The molecule has 0 radical (unpaired) electrons. The topological polar surface area (TPSA) is 3.24 Å². The minimum atomic E-state index is 0.713. The maximum Gasteiger partial charge on any atom is 0.0170 e. The highest BCUT2D eigenvalue weighted by molar-refractivity contribution is 5.42. The number of aryl methyl sites for hydroxylation is 2. The van der Waals surface area contributed by atoms with Crippen molar-refractivity contribution in [1.29, 1.82) is 0 Å². The van der Waals surface area contributed by atoms with Gasteiger partial charge in [-0.05, 0) is 57.5 Å². The zero-order chi connectivity index (χ0) is 10.3. The van der Waals surface area contributed by atoms with Gasteiger partial charge in [0.05, 0.1) is 0 Å². The number of nitrogens with zero attached hydrogens (tertiary/aromatic N) is 1. The predicted molar refractivity (Wildman–Crippen MR) is 60.8 cm³/mol. The Hall–Kier alpha value is -0.820. The summed E-state index contributed by atoms with van der Waals surface area (Å²) in [7, 11) is 4.36. The lowest BCUT2D eigenvalue weighted by Gasteiger charge is -2.17. The van der Waals surface area contributed by atoms with Crippen LogP contribution in [0.4, 0.5) is 0 Å². The molecule has 1 aromatic rings. The second-order valence-corrected chi connectivity index (χ2v) is 4.75. The Morgan fingerprint density at radius 1 is 1.14 bits per heavy atom. The van der Waals surface area contributed by atoms with E-state index in [1.54, 1.807) is 11.1 Å². The largest absolute Gasteiger partial charge is 0.306 e. The molecule has 0 N–H and O–H groups in total. The SMILES string of the molecule is Cc1cc(C)c2c(c1)C[C@@H](N(C)C)C2. The average Bonchev–Trinajstić information content (AvgIpc) is 2.47. The van der Waals surface area contributed by atoms with E-state index in [1.807, 2.05) is 0 Å². The smallest absolute Gasteiger partial charge is 0.0170 e. The molecule has 1 aliphatic rings. The first-order valence-electron chi connectivity index (χ1n) is 5.33. The molecule has 0 saturated heterocycles. The maximum atomic E-state index is 2.35. The maximum absolute atomic E-state index is 2.35. The van der Waals surface area contributed by atoms with Crippen LogP contribution in [0.2, 0.25) is 0 Å². The molecule has 0 amide bonds. The summed E-state index contributed by atoms with van der Waals surface area (Å²) in [6.45, 7) is 4.43. The lowest BCUT2D eigenvalue weighted by Crippen LogP contribution is -2.28. The van der Waals surface area contributed by atoms with Gasteiger partial charge in [0.25, 0.3) is 0 Å². The fourth-order valence-electron chi connectivity index (χ4n) is 2.49. The second-order valence-electron chi connectivity index (χ2n) is 4.75. The van der Waals surface area contributed by atoms with E-state index in [1.165, 1.54) is 24.0 Å². The highest BCUT2D eigenvalue weighted by atomic mass is 15.1. The molecule has 0 aliphatic heterocycles. The van der Waals surface area contributed by atoms with Crippen molar-refractivity contribution < 1.29 is 0 Å². The minimum absolute atomic E-state index is 0.713. The molecule has 0 fully saturated rings. The quantitative estimate of drug-likeness (QED) is 0.655. The van der Waals surface area contributed by atoms with Crippen LogP contribution in [0, 0.1) is 13.8 Å². The van der Waals surface area contributed by atoms with Crippen LogP contribution >= 0.6 is 0 Å².